The highest BCUT2D eigenvalue weighted by molar-refractivity contribution is 4.79. The molecule has 0 bridgehead atoms. The second kappa shape index (κ2) is 1.80. The van der Waals surface area contributed by atoms with Crippen LogP contribution in [0.15, 0.2) is 0 Å². The molecule has 3 unspecified atom stereocenters. The lowest BCUT2D eigenvalue weighted by molar-refractivity contribution is 0.171. The summed E-state index contributed by atoms with van der Waals surface area (Å²) in [5.41, 5.74) is 0. The predicted octanol–water partition coefficient (Wildman–Crippen LogP) is 0.420. The molecule has 1 saturated heterocycles. The normalized spacial score (nSPS) is 45.1. The molecule has 1 heterocycles. The van der Waals surface area contributed by atoms with Gasteiger partial charge in [-0.05, 0) is 6.92 Å². The van der Waals surface area contributed by atoms with Gasteiger partial charge in [0.1, 0.15) is 6.10 Å². The van der Waals surface area contributed by atoms with Gasteiger partial charge in [0.2, 0.25) is 0 Å². The Morgan fingerprint density at radius 1 is 2.00 bits per heavy atom. The molecule has 0 aromatic heterocycles. The maximum atomic E-state index is 7.12. The summed E-state index contributed by atoms with van der Waals surface area (Å²) in [6, 6.07) is 0. The Labute approximate surface area is 44.8 Å². The minimum Gasteiger partial charge on any atom is -0.382 e. The minimum atomic E-state index is -0.481. The standard InChI is InChI=1S/C5H10O2/c1-4-5(7-4)3-6-2/h4-5H,3H2,1-2H3/i3D. The lowest BCUT2D eigenvalue weighted by Gasteiger charge is -1.86. The maximum Gasteiger partial charge on any atom is 0.107 e. The van der Waals surface area contributed by atoms with Crippen molar-refractivity contribution in [2.75, 3.05) is 13.7 Å². The van der Waals surface area contributed by atoms with E-state index < -0.39 is 6.58 Å². The largest absolute Gasteiger partial charge is 0.382 e. The van der Waals surface area contributed by atoms with Crippen molar-refractivity contribution in [1.82, 2.24) is 0 Å². The van der Waals surface area contributed by atoms with Gasteiger partial charge in [0.15, 0.2) is 0 Å². The number of rotatable bonds is 2. The first-order valence-corrected chi connectivity index (χ1v) is 2.36. The zero-order valence-corrected chi connectivity index (χ0v) is 4.55. The van der Waals surface area contributed by atoms with E-state index in [9.17, 15) is 0 Å². The molecule has 3 atom stereocenters. The lowest BCUT2D eigenvalue weighted by Crippen LogP contribution is -1.98. The van der Waals surface area contributed by atoms with Gasteiger partial charge in [0, 0.05) is 7.11 Å². The summed E-state index contributed by atoms with van der Waals surface area (Å²) in [5, 5.41) is 0. The van der Waals surface area contributed by atoms with Gasteiger partial charge in [-0.1, -0.05) is 0 Å². The van der Waals surface area contributed by atoms with Gasteiger partial charge in [-0.2, -0.15) is 0 Å². The molecular weight excluding hydrogens is 92.1 g/mol. The molecule has 0 saturated carbocycles. The molecule has 0 spiro atoms. The molecule has 0 aliphatic carbocycles. The Bertz CT molecular complexity index is 84.5. The van der Waals surface area contributed by atoms with Crippen molar-refractivity contribution in [3.63, 3.8) is 0 Å². The number of methoxy groups -OCH3 is 1. The summed E-state index contributed by atoms with van der Waals surface area (Å²) < 4.78 is 16.8. The summed E-state index contributed by atoms with van der Waals surface area (Å²) in [4.78, 5) is 0. The van der Waals surface area contributed by atoms with Crippen LogP contribution in [-0.2, 0) is 9.47 Å². The molecule has 0 aromatic rings. The van der Waals surface area contributed by atoms with Crippen molar-refractivity contribution in [3.8, 4) is 0 Å². The van der Waals surface area contributed by atoms with Crippen LogP contribution in [-0.4, -0.2) is 25.9 Å². The van der Waals surface area contributed by atoms with E-state index in [0.717, 1.165) is 0 Å². The molecular formula is C5H10O2. The third-order valence-corrected chi connectivity index (χ3v) is 1.03. The third kappa shape index (κ3) is 1.14. The average Bonchev–Trinajstić information content (AvgIpc) is 2.45. The van der Waals surface area contributed by atoms with E-state index in [1.807, 2.05) is 6.92 Å². The van der Waals surface area contributed by atoms with Crippen molar-refractivity contribution in [2.45, 2.75) is 19.1 Å². The summed E-state index contributed by atoms with van der Waals surface area (Å²) in [7, 11) is 1.52. The van der Waals surface area contributed by atoms with Gasteiger partial charge < -0.3 is 9.47 Å². The van der Waals surface area contributed by atoms with Gasteiger partial charge in [-0.15, -0.1) is 0 Å². The molecule has 1 aliphatic heterocycles. The first-order chi connectivity index (χ1) is 3.75. The minimum absolute atomic E-state index is 0.0278. The molecule has 0 N–H and O–H groups in total. The Balaban J connectivity index is 2.18. The highest BCUT2D eigenvalue weighted by atomic mass is 16.6. The Kier molecular flexibility index (Phi) is 0.995. The smallest absolute Gasteiger partial charge is 0.107 e. The van der Waals surface area contributed by atoms with Crippen LogP contribution < -0.4 is 0 Å². The molecule has 7 heavy (non-hydrogen) atoms. The predicted molar refractivity (Wildman–Crippen MR) is 26.2 cm³/mol. The van der Waals surface area contributed by atoms with Crippen LogP contribution in [0.3, 0.4) is 0 Å². The van der Waals surface area contributed by atoms with Crippen LogP contribution in [0.1, 0.15) is 8.29 Å². The zero-order valence-electron chi connectivity index (χ0n) is 5.55. The number of hydrogen-bond acceptors (Lipinski definition) is 2. The Morgan fingerprint density at radius 3 is 2.71 bits per heavy atom. The highest BCUT2D eigenvalue weighted by Gasteiger charge is 2.33. The van der Waals surface area contributed by atoms with Crippen molar-refractivity contribution in [3.05, 3.63) is 0 Å². The van der Waals surface area contributed by atoms with Gasteiger partial charge in [0.05, 0.1) is 14.1 Å². The van der Waals surface area contributed by atoms with E-state index >= 15 is 0 Å². The SMILES string of the molecule is [2H]C(OC)C1OC1C. The van der Waals surface area contributed by atoms with Crippen molar-refractivity contribution < 1.29 is 10.8 Å². The second-order valence-corrected chi connectivity index (χ2v) is 1.68. The summed E-state index contributed by atoms with van der Waals surface area (Å²) >= 11 is 0. The van der Waals surface area contributed by atoms with E-state index in [0.29, 0.717) is 0 Å². The Morgan fingerprint density at radius 2 is 2.57 bits per heavy atom. The molecule has 2 nitrogen and oxygen atoms in total. The molecule has 42 valence electrons. The van der Waals surface area contributed by atoms with Crippen LogP contribution in [0.4, 0.5) is 0 Å². The summed E-state index contributed by atoms with van der Waals surface area (Å²) in [6.45, 7) is 1.45. The monoisotopic (exact) mass is 103 g/mol. The van der Waals surface area contributed by atoms with Crippen molar-refractivity contribution in [2.24, 2.45) is 0 Å². The number of ether oxygens (including phenoxy) is 2. The van der Waals surface area contributed by atoms with Gasteiger partial charge >= 0.3 is 0 Å². The van der Waals surface area contributed by atoms with Gasteiger partial charge in [-0.25, -0.2) is 0 Å². The molecule has 0 aromatic carbocycles. The average molecular weight is 103 g/mol. The van der Waals surface area contributed by atoms with E-state index in [1.165, 1.54) is 7.11 Å². The molecule has 1 aliphatic rings. The topological polar surface area (TPSA) is 21.8 Å². The fourth-order valence-electron chi connectivity index (χ4n) is 0.479. The van der Waals surface area contributed by atoms with E-state index in [-0.39, 0.29) is 12.2 Å². The fraction of sp³-hybridized carbons (Fsp3) is 1.00. The van der Waals surface area contributed by atoms with E-state index in [4.69, 9.17) is 6.11 Å². The first kappa shape index (κ1) is 3.87. The zero-order chi connectivity index (χ0) is 6.15. The number of hydrogen-bond donors (Lipinski definition) is 0. The summed E-state index contributed by atoms with van der Waals surface area (Å²) in [5.74, 6) is 0. The van der Waals surface area contributed by atoms with Crippen LogP contribution >= 0.6 is 0 Å². The van der Waals surface area contributed by atoms with Gasteiger partial charge in [-0.3, -0.25) is 0 Å². The molecule has 1 fully saturated rings. The molecule has 0 amide bonds. The van der Waals surface area contributed by atoms with Crippen molar-refractivity contribution >= 4 is 0 Å². The summed E-state index contributed by atoms with van der Waals surface area (Å²) in [6.07, 6.45) is 0.262. The second-order valence-electron chi connectivity index (χ2n) is 1.68. The number of epoxide rings is 1. The first-order valence-electron chi connectivity index (χ1n) is 2.94. The fourth-order valence-corrected chi connectivity index (χ4v) is 0.479. The molecule has 1 rings (SSSR count). The van der Waals surface area contributed by atoms with Crippen LogP contribution in [0, 0.1) is 0 Å². The van der Waals surface area contributed by atoms with Crippen LogP contribution in [0.25, 0.3) is 0 Å². The van der Waals surface area contributed by atoms with Crippen LogP contribution in [0.2, 0.25) is 0 Å². The van der Waals surface area contributed by atoms with E-state index in [1.54, 1.807) is 0 Å². The third-order valence-electron chi connectivity index (χ3n) is 1.03. The highest BCUT2D eigenvalue weighted by Crippen LogP contribution is 2.20. The molecule has 2 heteroatoms. The van der Waals surface area contributed by atoms with E-state index in [2.05, 4.69) is 4.74 Å². The lowest BCUT2D eigenvalue weighted by atomic mass is 10.4. The van der Waals surface area contributed by atoms with Gasteiger partial charge in [0.25, 0.3) is 0 Å². The Hall–Kier alpha value is -0.0800. The maximum absolute atomic E-state index is 7.12. The molecule has 0 radical (unpaired) electrons. The quantitative estimate of drug-likeness (QED) is 0.472. The van der Waals surface area contributed by atoms with Crippen molar-refractivity contribution in [1.29, 1.82) is 0 Å². The van der Waals surface area contributed by atoms with Crippen LogP contribution in [0.5, 0.6) is 0 Å².